The molecule has 4 N–H and O–H groups in total. The minimum atomic E-state index is 0.140. The van der Waals surface area contributed by atoms with Gasteiger partial charge in [0, 0.05) is 35.7 Å². The van der Waals surface area contributed by atoms with Crippen LogP contribution in [0.15, 0.2) is 40.8 Å². The smallest absolute Gasteiger partial charge is 0.231 e. The summed E-state index contributed by atoms with van der Waals surface area (Å²) in [5.41, 5.74) is 8.99. The molecule has 0 unspecified atom stereocenters. The first kappa shape index (κ1) is 20.8. The van der Waals surface area contributed by atoms with E-state index < -0.39 is 0 Å². The number of hydrogen-bond acceptors (Lipinski definition) is 9. The topological polar surface area (TPSA) is 146 Å². The molecule has 0 radical (unpaired) electrons. The van der Waals surface area contributed by atoms with Crippen molar-refractivity contribution in [2.45, 2.75) is 35.9 Å². The average molecular weight is 479 g/mol. The second-order valence-corrected chi connectivity index (χ2v) is 9.17. The van der Waals surface area contributed by atoms with Crippen LogP contribution < -0.4 is 20.5 Å². The number of hydrogen-bond donors (Lipinski definition) is 3. The summed E-state index contributed by atoms with van der Waals surface area (Å²) in [6.45, 7) is 1.38. The number of rotatable bonds is 8. The van der Waals surface area contributed by atoms with Gasteiger partial charge in [0.25, 0.3) is 0 Å². The van der Waals surface area contributed by atoms with E-state index in [0.29, 0.717) is 46.7 Å². The minimum Gasteiger partial charge on any atom is -0.454 e. The molecule has 1 aliphatic heterocycles. The molecule has 0 saturated heterocycles. The molecule has 0 atom stereocenters. The lowest BCUT2D eigenvalue weighted by Crippen LogP contribution is -2.26. The molecule has 12 heteroatoms. The Bertz CT molecular complexity index is 1370. The first-order valence-corrected chi connectivity index (χ1v) is 11.8. The highest BCUT2D eigenvalue weighted by Crippen LogP contribution is 2.44. The fraction of sp³-hybridized carbons (Fsp3) is 0.318. The molecule has 1 saturated carbocycles. The van der Waals surface area contributed by atoms with Crippen molar-refractivity contribution in [3.05, 3.63) is 30.7 Å². The molecule has 1 aliphatic carbocycles. The number of imidazole rings is 1. The molecule has 6 rings (SSSR count). The summed E-state index contributed by atoms with van der Waals surface area (Å²) in [4.78, 5) is 26.2. The van der Waals surface area contributed by atoms with E-state index in [2.05, 4.69) is 25.5 Å². The third-order valence-corrected chi connectivity index (χ3v) is 6.84. The highest BCUT2D eigenvalue weighted by atomic mass is 32.2. The maximum absolute atomic E-state index is 12.0. The zero-order valence-electron chi connectivity index (χ0n) is 18.2. The first-order valence-electron chi connectivity index (χ1n) is 11.0. The van der Waals surface area contributed by atoms with E-state index in [-0.39, 0.29) is 18.6 Å². The van der Waals surface area contributed by atoms with E-state index >= 15 is 0 Å². The number of fused-ring (bicyclic) bond motifs is 2. The number of nitrogens with zero attached hydrogens (tertiary/aromatic N) is 5. The van der Waals surface area contributed by atoms with Crippen molar-refractivity contribution in [2.24, 2.45) is 5.92 Å². The highest BCUT2D eigenvalue weighted by molar-refractivity contribution is 7.99. The van der Waals surface area contributed by atoms with Gasteiger partial charge in [-0.05, 0) is 37.5 Å². The molecule has 1 amide bonds. The summed E-state index contributed by atoms with van der Waals surface area (Å²) in [6.07, 6.45) is 5.92. The van der Waals surface area contributed by atoms with Crippen LogP contribution in [0.2, 0.25) is 0 Å². The maximum Gasteiger partial charge on any atom is 0.231 e. The van der Waals surface area contributed by atoms with Crippen LogP contribution in [0.3, 0.4) is 0 Å². The summed E-state index contributed by atoms with van der Waals surface area (Å²) < 4.78 is 13.2. The number of amides is 1. The van der Waals surface area contributed by atoms with Crippen LogP contribution in [-0.4, -0.2) is 49.0 Å². The number of aromatic nitrogens is 6. The normalized spacial score (nSPS) is 14.6. The maximum atomic E-state index is 12.0. The average Bonchev–Trinajstić information content (AvgIpc) is 3.20. The van der Waals surface area contributed by atoms with Gasteiger partial charge in [-0.1, -0.05) is 11.8 Å². The molecule has 0 spiro atoms. The van der Waals surface area contributed by atoms with E-state index in [1.165, 1.54) is 18.1 Å². The van der Waals surface area contributed by atoms with Crippen LogP contribution >= 0.6 is 11.8 Å². The van der Waals surface area contributed by atoms with Gasteiger partial charge >= 0.3 is 0 Å². The standard InChI is InChI=1S/C22H22N8O3S/c23-19-18-20(26-10-25-19)30(7-1-5-24-21(31)12-2-3-12)22(28-18)34-17-9-16-15(32-11-33-16)8-13(17)14-4-6-27-29-14/h4,6,8-10,12H,1-3,5,7,11H2,(H,24,31)(H,27,29)(H2,23,25,26). The molecule has 0 bridgehead atoms. The number of benzene rings is 1. The Morgan fingerprint density at radius 3 is 2.91 bits per heavy atom. The van der Waals surface area contributed by atoms with Crippen molar-refractivity contribution in [1.82, 2.24) is 35.0 Å². The summed E-state index contributed by atoms with van der Waals surface area (Å²) >= 11 is 1.47. The number of ether oxygens (including phenoxy) is 2. The largest absolute Gasteiger partial charge is 0.454 e. The molecule has 3 aromatic heterocycles. The van der Waals surface area contributed by atoms with Crippen molar-refractivity contribution < 1.29 is 14.3 Å². The van der Waals surface area contributed by atoms with E-state index in [0.717, 1.165) is 35.4 Å². The van der Waals surface area contributed by atoms with Gasteiger partial charge < -0.3 is 25.1 Å². The van der Waals surface area contributed by atoms with Crippen LogP contribution in [0.25, 0.3) is 22.4 Å². The predicted molar refractivity (Wildman–Crippen MR) is 124 cm³/mol. The third-order valence-electron chi connectivity index (χ3n) is 5.78. The number of nitrogen functional groups attached to an aromatic ring is 1. The number of carbonyl (C=O) groups excluding carboxylic acids is 1. The van der Waals surface area contributed by atoms with Gasteiger partial charge in [0.05, 0.1) is 5.69 Å². The Hall–Kier alpha value is -3.80. The Kier molecular flexibility index (Phi) is 5.21. The molecule has 4 heterocycles. The fourth-order valence-corrected chi connectivity index (χ4v) is 4.93. The van der Waals surface area contributed by atoms with Crippen molar-refractivity contribution in [3.63, 3.8) is 0 Å². The van der Waals surface area contributed by atoms with Crippen LogP contribution in [-0.2, 0) is 11.3 Å². The Morgan fingerprint density at radius 2 is 2.12 bits per heavy atom. The van der Waals surface area contributed by atoms with Gasteiger partial charge in [0.15, 0.2) is 33.6 Å². The monoisotopic (exact) mass is 478 g/mol. The molecule has 174 valence electrons. The number of aromatic amines is 1. The van der Waals surface area contributed by atoms with Crippen molar-refractivity contribution in [3.8, 4) is 22.8 Å². The highest BCUT2D eigenvalue weighted by Gasteiger charge is 2.29. The van der Waals surface area contributed by atoms with Gasteiger partial charge in [0.2, 0.25) is 12.7 Å². The molecule has 4 aromatic rings. The number of nitrogens with one attached hydrogen (secondary N) is 2. The fourth-order valence-electron chi connectivity index (χ4n) is 3.87. The van der Waals surface area contributed by atoms with Gasteiger partial charge in [0.1, 0.15) is 6.33 Å². The third kappa shape index (κ3) is 3.89. The molecule has 34 heavy (non-hydrogen) atoms. The summed E-state index contributed by atoms with van der Waals surface area (Å²) in [6, 6.07) is 5.76. The zero-order chi connectivity index (χ0) is 23.1. The van der Waals surface area contributed by atoms with Gasteiger partial charge in [-0.3, -0.25) is 9.89 Å². The van der Waals surface area contributed by atoms with E-state index in [1.807, 2.05) is 22.8 Å². The number of H-pyrrole nitrogens is 1. The molecular weight excluding hydrogens is 456 g/mol. The lowest BCUT2D eigenvalue weighted by atomic mass is 10.1. The van der Waals surface area contributed by atoms with Crippen molar-refractivity contribution >= 4 is 34.7 Å². The Balaban J connectivity index is 1.33. The van der Waals surface area contributed by atoms with Gasteiger partial charge in [-0.25, -0.2) is 15.0 Å². The minimum absolute atomic E-state index is 0.140. The van der Waals surface area contributed by atoms with E-state index in [1.54, 1.807) is 6.20 Å². The van der Waals surface area contributed by atoms with Crippen molar-refractivity contribution in [2.75, 3.05) is 19.1 Å². The quantitative estimate of drug-likeness (QED) is 0.325. The summed E-state index contributed by atoms with van der Waals surface area (Å²) in [5.74, 6) is 2.01. The number of anilines is 1. The second-order valence-electron chi connectivity index (χ2n) is 8.16. The van der Waals surface area contributed by atoms with Gasteiger partial charge in [-0.15, -0.1) is 0 Å². The van der Waals surface area contributed by atoms with Crippen LogP contribution in [0, 0.1) is 5.92 Å². The van der Waals surface area contributed by atoms with E-state index in [9.17, 15) is 4.79 Å². The SMILES string of the molecule is Nc1ncnc2c1nc(Sc1cc3c(cc1-c1cc[nH]n1)OCO3)n2CCCNC(=O)C1CC1. The summed E-state index contributed by atoms with van der Waals surface area (Å²) in [5, 5.41) is 10.9. The van der Waals surface area contributed by atoms with Gasteiger partial charge in [-0.2, -0.15) is 5.10 Å². The predicted octanol–water partition coefficient (Wildman–Crippen LogP) is 2.59. The Morgan fingerprint density at radius 1 is 1.26 bits per heavy atom. The number of aryl methyl sites for hydroxylation is 1. The van der Waals surface area contributed by atoms with Crippen molar-refractivity contribution in [1.29, 1.82) is 0 Å². The molecule has 2 aliphatic rings. The first-order chi connectivity index (χ1) is 16.7. The summed E-state index contributed by atoms with van der Waals surface area (Å²) in [7, 11) is 0. The second kappa shape index (κ2) is 8.52. The van der Waals surface area contributed by atoms with Crippen LogP contribution in [0.1, 0.15) is 19.3 Å². The number of nitrogens with two attached hydrogens (primary N) is 1. The van der Waals surface area contributed by atoms with E-state index in [4.69, 9.17) is 20.2 Å². The van der Waals surface area contributed by atoms with Crippen LogP contribution in [0.5, 0.6) is 11.5 Å². The zero-order valence-corrected chi connectivity index (χ0v) is 19.0. The molecule has 1 fully saturated rings. The Labute approximate surface area is 198 Å². The molecule has 1 aromatic carbocycles. The molecular formula is C22H22N8O3S. The lowest BCUT2D eigenvalue weighted by molar-refractivity contribution is -0.122. The van der Waals surface area contributed by atoms with Crippen LogP contribution in [0.4, 0.5) is 5.82 Å². The number of carbonyl (C=O) groups is 1. The molecule has 11 nitrogen and oxygen atoms in total. The lowest BCUT2D eigenvalue weighted by Gasteiger charge is -2.11.